The number of aliphatic hydroxyl groups excluding tert-OH is 1. The highest BCUT2D eigenvalue weighted by Gasteiger charge is 2.35. The number of fused-ring (bicyclic) bond motifs is 1. The van der Waals surface area contributed by atoms with Crippen molar-refractivity contribution in [2.24, 2.45) is 5.92 Å². The van der Waals surface area contributed by atoms with Crippen LogP contribution in [0.25, 0.3) is 0 Å². The number of hydrogen-bond donors (Lipinski definition) is 1. The lowest BCUT2D eigenvalue weighted by Gasteiger charge is -2.22. The zero-order chi connectivity index (χ0) is 20.2. The Bertz CT molecular complexity index is 853. The molecule has 2 aromatic carbocycles. The Morgan fingerprint density at radius 1 is 0.966 bits per heavy atom. The van der Waals surface area contributed by atoms with Crippen LogP contribution in [-0.4, -0.2) is 35.0 Å². The van der Waals surface area contributed by atoms with E-state index in [1.54, 1.807) is 24.3 Å². The molecule has 2 aromatic rings. The Hall–Kier alpha value is -2.66. The second-order valence-electron chi connectivity index (χ2n) is 8.00. The van der Waals surface area contributed by atoms with Crippen molar-refractivity contribution in [3.8, 4) is 5.75 Å². The summed E-state index contributed by atoms with van der Waals surface area (Å²) >= 11 is 0. The summed E-state index contributed by atoms with van der Waals surface area (Å²) < 4.78 is 5.96. The van der Waals surface area contributed by atoms with Gasteiger partial charge in [0.1, 0.15) is 5.75 Å². The van der Waals surface area contributed by atoms with E-state index < -0.39 is 6.10 Å². The van der Waals surface area contributed by atoms with E-state index in [1.165, 1.54) is 37.0 Å². The average molecular weight is 393 g/mol. The summed E-state index contributed by atoms with van der Waals surface area (Å²) in [6.45, 7) is 0.898. The van der Waals surface area contributed by atoms with Gasteiger partial charge in [-0.3, -0.25) is 14.5 Å². The lowest BCUT2D eigenvalue weighted by molar-refractivity contribution is 0.0622. The van der Waals surface area contributed by atoms with Gasteiger partial charge >= 0.3 is 0 Å². The Kier molecular flexibility index (Phi) is 5.95. The molecule has 0 spiro atoms. The number of rotatable bonds is 7. The lowest BCUT2D eigenvalue weighted by Crippen LogP contribution is -2.31. The van der Waals surface area contributed by atoms with Crippen LogP contribution in [0.4, 0.5) is 0 Å². The van der Waals surface area contributed by atoms with Crippen LogP contribution in [0.3, 0.4) is 0 Å². The molecule has 1 atom stereocenters. The molecule has 0 saturated heterocycles. The van der Waals surface area contributed by atoms with Crippen LogP contribution in [0.1, 0.15) is 70.9 Å². The predicted octanol–water partition coefficient (Wildman–Crippen LogP) is 4.37. The van der Waals surface area contributed by atoms with Gasteiger partial charge in [0, 0.05) is 6.54 Å². The van der Waals surface area contributed by atoms with Gasteiger partial charge < -0.3 is 9.84 Å². The summed E-state index contributed by atoms with van der Waals surface area (Å²) in [6, 6.07) is 14.3. The fraction of sp³-hybridized carbons (Fsp3) is 0.417. The Labute approximate surface area is 171 Å². The Morgan fingerprint density at radius 2 is 1.66 bits per heavy atom. The number of carbonyl (C=O) groups is 2. The topological polar surface area (TPSA) is 66.8 Å². The van der Waals surface area contributed by atoms with Crippen LogP contribution in [0.2, 0.25) is 0 Å². The van der Waals surface area contributed by atoms with Crippen LogP contribution in [0, 0.1) is 5.92 Å². The number of ether oxygens (including phenoxy) is 1. The maximum absolute atomic E-state index is 12.4. The molecule has 0 aromatic heterocycles. The third-order valence-corrected chi connectivity index (χ3v) is 5.96. The predicted molar refractivity (Wildman–Crippen MR) is 110 cm³/mol. The third kappa shape index (κ3) is 4.35. The zero-order valence-electron chi connectivity index (χ0n) is 16.5. The highest BCUT2D eigenvalue weighted by atomic mass is 16.5. The van der Waals surface area contributed by atoms with Gasteiger partial charge in [0.2, 0.25) is 0 Å². The number of hydrogen-bond acceptors (Lipinski definition) is 4. The van der Waals surface area contributed by atoms with Crippen LogP contribution < -0.4 is 4.74 Å². The molecular formula is C24H27NO4. The monoisotopic (exact) mass is 393 g/mol. The molecule has 152 valence electrons. The Balaban J connectivity index is 1.33. The summed E-state index contributed by atoms with van der Waals surface area (Å²) in [5.74, 6) is 0.795. The molecule has 1 heterocycles. The van der Waals surface area contributed by atoms with E-state index >= 15 is 0 Å². The van der Waals surface area contributed by atoms with Crippen LogP contribution in [0.5, 0.6) is 5.75 Å². The quantitative estimate of drug-likeness (QED) is 0.710. The van der Waals surface area contributed by atoms with Crippen LogP contribution >= 0.6 is 0 Å². The normalized spacial score (nSPS) is 18.0. The molecule has 0 bridgehead atoms. The van der Waals surface area contributed by atoms with Crippen LogP contribution in [0.15, 0.2) is 48.5 Å². The van der Waals surface area contributed by atoms with E-state index in [2.05, 4.69) is 0 Å². The molecule has 1 saturated carbocycles. The van der Waals surface area contributed by atoms with Crippen molar-refractivity contribution < 1.29 is 19.4 Å². The molecule has 2 aliphatic rings. The van der Waals surface area contributed by atoms with Gasteiger partial charge in [-0.15, -0.1) is 0 Å². The van der Waals surface area contributed by atoms with Crippen molar-refractivity contribution in [3.05, 3.63) is 65.2 Å². The third-order valence-electron chi connectivity index (χ3n) is 5.96. The van der Waals surface area contributed by atoms with Crippen molar-refractivity contribution >= 4 is 11.8 Å². The molecule has 1 fully saturated rings. The van der Waals surface area contributed by atoms with Gasteiger partial charge in [0.25, 0.3) is 11.8 Å². The van der Waals surface area contributed by atoms with Gasteiger partial charge in [0.15, 0.2) is 0 Å². The minimum atomic E-state index is -0.766. The molecule has 1 N–H and O–H groups in total. The maximum Gasteiger partial charge on any atom is 0.261 e. The van der Waals surface area contributed by atoms with Gasteiger partial charge in [-0.25, -0.2) is 0 Å². The van der Waals surface area contributed by atoms with E-state index in [4.69, 9.17) is 4.74 Å². The molecule has 29 heavy (non-hydrogen) atoms. The largest absolute Gasteiger partial charge is 0.493 e. The molecule has 1 unspecified atom stereocenters. The summed E-state index contributed by atoms with van der Waals surface area (Å²) in [7, 11) is 0. The van der Waals surface area contributed by atoms with Crippen molar-refractivity contribution in [2.75, 3.05) is 13.2 Å². The molecule has 0 radical (unpaired) electrons. The van der Waals surface area contributed by atoms with Gasteiger partial charge in [-0.2, -0.15) is 0 Å². The molecule has 5 heteroatoms. The number of benzene rings is 2. The van der Waals surface area contributed by atoms with Crippen molar-refractivity contribution in [1.29, 1.82) is 0 Å². The fourth-order valence-corrected chi connectivity index (χ4v) is 4.24. The first kappa shape index (κ1) is 19.6. The summed E-state index contributed by atoms with van der Waals surface area (Å²) in [5.41, 5.74) is 1.61. The van der Waals surface area contributed by atoms with Crippen molar-refractivity contribution in [2.45, 2.75) is 44.6 Å². The van der Waals surface area contributed by atoms with Gasteiger partial charge in [-0.05, 0) is 55.0 Å². The Morgan fingerprint density at radius 3 is 2.34 bits per heavy atom. The van der Waals surface area contributed by atoms with E-state index in [0.29, 0.717) is 23.7 Å². The first-order chi connectivity index (χ1) is 14.1. The van der Waals surface area contributed by atoms with Crippen LogP contribution in [-0.2, 0) is 0 Å². The summed E-state index contributed by atoms with van der Waals surface area (Å²) in [4.78, 5) is 26.1. The highest BCUT2D eigenvalue weighted by Crippen LogP contribution is 2.28. The first-order valence-corrected chi connectivity index (χ1v) is 10.5. The highest BCUT2D eigenvalue weighted by molar-refractivity contribution is 6.21. The number of imide groups is 1. The summed E-state index contributed by atoms with van der Waals surface area (Å²) in [5, 5.41) is 10.6. The van der Waals surface area contributed by atoms with E-state index in [0.717, 1.165) is 11.3 Å². The number of nitrogens with zero attached hydrogens (tertiary/aromatic N) is 1. The number of amides is 2. The second kappa shape index (κ2) is 8.78. The second-order valence-corrected chi connectivity index (χ2v) is 8.00. The molecular weight excluding hydrogens is 366 g/mol. The zero-order valence-corrected chi connectivity index (χ0v) is 16.5. The molecule has 1 aliphatic carbocycles. The minimum Gasteiger partial charge on any atom is -0.493 e. The maximum atomic E-state index is 12.4. The standard InChI is InChI=1S/C24H27NO4/c26-22(13-14-25-23(27)20-11-4-5-12-21(20)24(25)28)18-9-6-10-19(15-18)29-16-17-7-2-1-3-8-17/h4-6,9-12,15,17,22,26H,1-3,7-8,13-14,16H2. The fourth-order valence-electron chi connectivity index (χ4n) is 4.24. The number of aliphatic hydroxyl groups is 1. The molecule has 2 amide bonds. The van der Waals surface area contributed by atoms with Crippen molar-refractivity contribution in [1.82, 2.24) is 4.90 Å². The first-order valence-electron chi connectivity index (χ1n) is 10.5. The molecule has 5 nitrogen and oxygen atoms in total. The smallest absolute Gasteiger partial charge is 0.261 e. The lowest BCUT2D eigenvalue weighted by atomic mass is 9.90. The molecule has 4 rings (SSSR count). The SMILES string of the molecule is O=C1c2ccccc2C(=O)N1CCC(O)c1cccc(OCC2CCCCC2)c1. The average Bonchev–Trinajstić information content (AvgIpc) is 3.01. The number of carbonyl (C=O) groups excluding carboxylic acids is 2. The van der Waals surface area contributed by atoms with E-state index in [-0.39, 0.29) is 24.8 Å². The van der Waals surface area contributed by atoms with Gasteiger partial charge in [0.05, 0.1) is 23.8 Å². The summed E-state index contributed by atoms with van der Waals surface area (Å²) in [6.07, 6.45) is 5.86. The van der Waals surface area contributed by atoms with Crippen molar-refractivity contribution in [3.63, 3.8) is 0 Å². The van der Waals surface area contributed by atoms with E-state index in [1.807, 2.05) is 24.3 Å². The van der Waals surface area contributed by atoms with Gasteiger partial charge in [-0.1, -0.05) is 43.5 Å². The minimum absolute atomic E-state index is 0.181. The van der Waals surface area contributed by atoms with E-state index in [9.17, 15) is 14.7 Å². The molecule has 1 aliphatic heterocycles.